The summed E-state index contributed by atoms with van der Waals surface area (Å²) in [6.07, 6.45) is 0. The van der Waals surface area contributed by atoms with Crippen LogP contribution in [0.2, 0.25) is 0 Å². The van der Waals surface area contributed by atoms with E-state index in [-0.39, 0.29) is 17.2 Å². The maximum absolute atomic E-state index is 11.6. The van der Waals surface area contributed by atoms with Crippen molar-refractivity contribution in [1.29, 1.82) is 5.41 Å². The zero-order valence-electron chi connectivity index (χ0n) is 15.4. The van der Waals surface area contributed by atoms with Crippen molar-refractivity contribution >= 4 is 44.4 Å². The zero-order valence-corrected chi connectivity index (χ0v) is 16.3. The Labute approximate surface area is 166 Å². The van der Waals surface area contributed by atoms with E-state index in [1.54, 1.807) is 31.2 Å². The van der Waals surface area contributed by atoms with Crippen molar-refractivity contribution in [3.05, 3.63) is 58.6 Å². The van der Waals surface area contributed by atoms with E-state index >= 15 is 0 Å². The number of aliphatic imine (C=N–C) groups is 1. The van der Waals surface area contributed by atoms with Crippen molar-refractivity contribution in [3.8, 4) is 0 Å². The van der Waals surface area contributed by atoms with Gasteiger partial charge in [0.15, 0.2) is 5.84 Å². The van der Waals surface area contributed by atoms with Gasteiger partial charge in [-0.15, -0.1) is 0 Å². The van der Waals surface area contributed by atoms with Crippen LogP contribution in [0.25, 0.3) is 0 Å². The van der Waals surface area contributed by atoms with E-state index in [9.17, 15) is 23.1 Å². The number of anilines is 2. The fourth-order valence-corrected chi connectivity index (χ4v) is 2.86. The molecule has 0 aliphatic heterocycles. The van der Waals surface area contributed by atoms with E-state index in [0.29, 0.717) is 17.5 Å². The molecular formula is C17H18N6O5S. The number of nitrogens with one attached hydrogen (secondary N) is 3. The van der Waals surface area contributed by atoms with Crippen molar-refractivity contribution in [1.82, 2.24) is 0 Å². The molecule has 12 heteroatoms. The molecule has 0 aliphatic rings. The second kappa shape index (κ2) is 9.03. The lowest BCUT2D eigenvalue weighted by Gasteiger charge is -2.12. The quantitative estimate of drug-likeness (QED) is 0.176. The topological polar surface area (TPSA) is 170 Å². The molecule has 0 fully saturated rings. The van der Waals surface area contributed by atoms with Crippen LogP contribution >= 0.6 is 0 Å². The first-order valence-corrected chi connectivity index (χ1v) is 9.52. The average Bonchev–Trinajstić information content (AvgIpc) is 2.67. The van der Waals surface area contributed by atoms with E-state index < -0.39 is 25.6 Å². The molecule has 0 saturated heterocycles. The van der Waals surface area contributed by atoms with Gasteiger partial charge in [0.25, 0.3) is 15.8 Å². The van der Waals surface area contributed by atoms with E-state index in [2.05, 4.69) is 20.8 Å². The van der Waals surface area contributed by atoms with Crippen LogP contribution in [0.4, 0.5) is 17.1 Å². The summed E-state index contributed by atoms with van der Waals surface area (Å²) < 4.78 is 32.6. The molecule has 152 valence electrons. The van der Waals surface area contributed by atoms with Crippen molar-refractivity contribution in [3.63, 3.8) is 0 Å². The van der Waals surface area contributed by atoms with E-state index in [1.807, 2.05) is 6.07 Å². The van der Waals surface area contributed by atoms with Crippen LogP contribution in [0, 0.1) is 15.5 Å². The van der Waals surface area contributed by atoms with Gasteiger partial charge in [-0.25, -0.2) is 0 Å². The van der Waals surface area contributed by atoms with Gasteiger partial charge in [0, 0.05) is 24.9 Å². The maximum atomic E-state index is 11.6. The number of hydrogen-bond acceptors (Lipinski definition) is 8. The van der Waals surface area contributed by atoms with Gasteiger partial charge < -0.3 is 5.32 Å². The van der Waals surface area contributed by atoms with Gasteiger partial charge in [0.2, 0.25) is 0 Å². The summed E-state index contributed by atoms with van der Waals surface area (Å²) in [5, 5.41) is 26.0. The van der Waals surface area contributed by atoms with E-state index in [4.69, 9.17) is 5.41 Å². The van der Waals surface area contributed by atoms with Crippen molar-refractivity contribution < 1.29 is 17.9 Å². The number of hydrazone groups is 1. The smallest absolute Gasteiger partial charge is 0.296 e. The summed E-state index contributed by atoms with van der Waals surface area (Å²) in [6.45, 7) is 1.60. The summed E-state index contributed by atoms with van der Waals surface area (Å²) in [5.74, 6) is -0.123. The summed E-state index contributed by atoms with van der Waals surface area (Å²) >= 11 is 0. The second-order valence-corrected chi connectivity index (χ2v) is 7.05. The number of rotatable bonds is 7. The van der Waals surface area contributed by atoms with Crippen molar-refractivity contribution in [2.24, 2.45) is 10.1 Å². The zero-order chi connectivity index (χ0) is 21.6. The molecule has 0 aromatic heterocycles. The Hall–Kier alpha value is -3.64. The minimum atomic E-state index is -4.77. The SMILES string of the molecule is C/N=C(C)\C(=N/Nc1ccc([N+](=O)[O-])cc1S(=O)(=O)O)C(=N)Nc1ccccc1. The Kier molecular flexibility index (Phi) is 6.75. The standard InChI is InChI=1S/C17H18N6O5S/c1-11(19-2)16(17(18)20-12-6-4-3-5-7-12)22-21-14-9-8-13(23(24)25)10-15(14)29(26,27)28/h3-10,21H,1-2H3,(H2,18,20)(H,26,27,28)/b19-11-,22-16+. The number of nitrogens with zero attached hydrogens (tertiary/aromatic N) is 3. The van der Waals surface area contributed by atoms with Gasteiger partial charge in [-0.05, 0) is 25.1 Å². The molecule has 2 aromatic carbocycles. The van der Waals surface area contributed by atoms with E-state index in [1.165, 1.54) is 7.05 Å². The Bertz CT molecular complexity index is 1100. The molecule has 0 atom stereocenters. The van der Waals surface area contributed by atoms with Crippen LogP contribution < -0.4 is 10.7 Å². The molecule has 0 saturated carbocycles. The second-order valence-electron chi connectivity index (χ2n) is 5.66. The largest absolute Gasteiger partial charge is 0.339 e. The minimum Gasteiger partial charge on any atom is -0.339 e. The highest BCUT2D eigenvalue weighted by Crippen LogP contribution is 2.26. The van der Waals surface area contributed by atoms with Gasteiger partial charge in [-0.1, -0.05) is 18.2 Å². The third-order valence-electron chi connectivity index (χ3n) is 3.70. The first kappa shape index (κ1) is 21.7. The summed E-state index contributed by atoms with van der Waals surface area (Å²) in [7, 11) is -3.27. The predicted octanol–water partition coefficient (Wildman–Crippen LogP) is 2.79. The molecule has 0 unspecified atom stereocenters. The van der Waals surface area contributed by atoms with Crippen LogP contribution in [0.5, 0.6) is 0 Å². The Balaban J connectivity index is 2.41. The number of para-hydroxylation sites is 1. The molecular weight excluding hydrogens is 400 g/mol. The van der Waals surface area contributed by atoms with Gasteiger partial charge >= 0.3 is 0 Å². The molecule has 0 aliphatic carbocycles. The lowest BCUT2D eigenvalue weighted by atomic mass is 10.2. The van der Waals surface area contributed by atoms with Crippen molar-refractivity contribution in [2.45, 2.75) is 11.8 Å². The number of nitro groups is 1. The van der Waals surface area contributed by atoms with Gasteiger partial charge in [-0.2, -0.15) is 13.5 Å². The predicted molar refractivity (Wildman–Crippen MR) is 111 cm³/mol. The molecule has 0 bridgehead atoms. The van der Waals surface area contributed by atoms with Crippen LogP contribution in [-0.4, -0.2) is 42.2 Å². The fourth-order valence-electron chi connectivity index (χ4n) is 2.20. The fraction of sp³-hybridized carbons (Fsp3) is 0.118. The van der Waals surface area contributed by atoms with Gasteiger partial charge in [-0.3, -0.25) is 30.5 Å². The molecule has 11 nitrogen and oxygen atoms in total. The van der Waals surface area contributed by atoms with E-state index in [0.717, 1.165) is 12.1 Å². The van der Waals surface area contributed by atoms with Crippen LogP contribution in [0.15, 0.2) is 63.5 Å². The molecule has 29 heavy (non-hydrogen) atoms. The first-order valence-electron chi connectivity index (χ1n) is 8.08. The molecule has 2 rings (SSSR count). The van der Waals surface area contributed by atoms with Crippen molar-refractivity contribution in [2.75, 3.05) is 17.8 Å². The van der Waals surface area contributed by atoms with Gasteiger partial charge in [0.05, 0.1) is 16.3 Å². The number of hydrogen-bond donors (Lipinski definition) is 4. The number of amidine groups is 1. The molecule has 0 amide bonds. The normalized spacial score (nSPS) is 12.4. The molecule has 0 radical (unpaired) electrons. The summed E-state index contributed by atoms with van der Waals surface area (Å²) in [5.41, 5.74) is 2.77. The third-order valence-corrected chi connectivity index (χ3v) is 4.59. The monoisotopic (exact) mass is 418 g/mol. The number of benzene rings is 2. The van der Waals surface area contributed by atoms with Crippen LogP contribution in [0.3, 0.4) is 0 Å². The summed E-state index contributed by atoms with van der Waals surface area (Å²) in [6, 6.07) is 11.7. The van der Waals surface area contributed by atoms with Crippen LogP contribution in [0.1, 0.15) is 6.92 Å². The van der Waals surface area contributed by atoms with Gasteiger partial charge in [0.1, 0.15) is 10.6 Å². The molecule has 2 aromatic rings. The lowest BCUT2D eigenvalue weighted by molar-refractivity contribution is -0.385. The molecule has 4 N–H and O–H groups in total. The molecule has 0 heterocycles. The number of nitro benzene ring substituents is 1. The Morgan fingerprint density at radius 1 is 1.21 bits per heavy atom. The maximum Gasteiger partial charge on any atom is 0.296 e. The Morgan fingerprint density at radius 2 is 1.86 bits per heavy atom. The Morgan fingerprint density at radius 3 is 2.41 bits per heavy atom. The molecule has 0 spiro atoms. The average molecular weight is 418 g/mol. The number of non-ortho nitro benzene ring substituents is 1. The highest BCUT2D eigenvalue weighted by molar-refractivity contribution is 7.86. The lowest BCUT2D eigenvalue weighted by Crippen LogP contribution is -2.29. The highest BCUT2D eigenvalue weighted by Gasteiger charge is 2.21. The minimum absolute atomic E-state index is 0.0657. The van der Waals surface area contributed by atoms with Crippen LogP contribution in [-0.2, 0) is 10.1 Å². The summed E-state index contributed by atoms with van der Waals surface area (Å²) in [4.78, 5) is 13.3. The highest BCUT2D eigenvalue weighted by atomic mass is 32.2. The third kappa shape index (κ3) is 5.67. The first-order chi connectivity index (χ1) is 13.6.